The van der Waals surface area contributed by atoms with E-state index >= 15 is 0 Å². The molecule has 35 heavy (non-hydrogen) atoms. The van der Waals surface area contributed by atoms with Crippen molar-refractivity contribution in [2.75, 3.05) is 7.05 Å². The number of hydrogen-bond acceptors (Lipinski definition) is 4. The maximum Gasteiger partial charge on any atom is 0.335 e. The molecule has 0 aliphatic carbocycles. The Bertz CT molecular complexity index is 1510. The molecule has 2 heterocycles. The maximum atomic E-state index is 13.3. The number of likely N-dealkylation sites (N-methyl/N-ethyl adjacent to an activating group) is 1. The Morgan fingerprint density at radius 3 is 2.49 bits per heavy atom. The number of aromatic carboxylic acids is 1. The van der Waals surface area contributed by atoms with Crippen LogP contribution in [0.3, 0.4) is 0 Å². The number of fused-ring (bicyclic) bond motifs is 1. The molecule has 0 atom stereocenters. The van der Waals surface area contributed by atoms with Crippen LogP contribution < -0.4 is 0 Å². The summed E-state index contributed by atoms with van der Waals surface area (Å²) >= 11 is 1.27. The highest BCUT2D eigenvalue weighted by atomic mass is 32.2. The van der Waals surface area contributed by atoms with Gasteiger partial charge >= 0.3 is 5.97 Å². The van der Waals surface area contributed by atoms with Crippen molar-refractivity contribution in [1.82, 2.24) is 9.47 Å². The second-order valence-electron chi connectivity index (χ2n) is 8.08. The molecule has 1 N–H and O–H groups in total. The van der Waals surface area contributed by atoms with Crippen molar-refractivity contribution in [2.45, 2.75) is 6.54 Å². The van der Waals surface area contributed by atoms with Crippen LogP contribution in [0.1, 0.15) is 21.5 Å². The first kappa shape index (κ1) is 22.6. The van der Waals surface area contributed by atoms with Crippen molar-refractivity contribution < 1.29 is 19.1 Å². The Balaban J connectivity index is 1.46. The Morgan fingerprint density at radius 2 is 1.77 bits per heavy atom. The highest BCUT2D eigenvalue weighted by Crippen LogP contribution is 2.35. The number of carboxylic acid groups (broad SMARTS) is 1. The maximum absolute atomic E-state index is 13.3. The van der Waals surface area contributed by atoms with Crippen LogP contribution in [0.5, 0.6) is 0 Å². The number of carboxylic acids is 1. The molecular weight excluding hydrogens is 465 g/mol. The van der Waals surface area contributed by atoms with Gasteiger partial charge in [0.25, 0.3) is 5.91 Å². The Labute approximate surface area is 205 Å². The zero-order chi connectivity index (χ0) is 24.5. The minimum absolute atomic E-state index is 0.161. The third-order valence-corrected chi connectivity index (χ3v) is 6.77. The van der Waals surface area contributed by atoms with E-state index in [4.69, 9.17) is 5.11 Å². The molecule has 8 heteroatoms. The van der Waals surface area contributed by atoms with E-state index in [0.29, 0.717) is 22.3 Å². The molecule has 0 spiro atoms. The minimum atomic E-state index is -1.00. The number of thioether (sulfide) groups is 1. The van der Waals surface area contributed by atoms with Crippen LogP contribution in [0.2, 0.25) is 0 Å². The number of halogens is 1. The van der Waals surface area contributed by atoms with Crippen LogP contribution in [-0.4, -0.2) is 38.7 Å². The van der Waals surface area contributed by atoms with E-state index in [1.807, 2.05) is 36.5 Å². The fraction of sp³-hybridized carbons (Fsp3) is 0.0741. The van der Waals surface area contributed by atoms with Gasteiger partial charge in [-0.1, -0.05) is 30.3 Å². The molecule has 1 aliphatic rings. The lowest BCUT2D eigenvalue weighted by molar-refractivity contribution is -0.121. The number of nitrogens with zero attached hydrogens (tertiary/aromatic N) is 3. The van der Waals surface area contributed by atoms with Crippen molar-refractivity contribution in [1.29, 1.82) is 0 Å². The van der Waals surface area contributed by atoms with Crippen molar-refractivity contribution in [2.24, 2.45) is 4.99 Å². The number of rotatable bonds is 5. The van der Waals surface area contributed by atoms with E-state index in [1.165, 1.54) is 40.9 Å². The number of carbonyl (C=O) groups is 2. The molecule has 6 nitrogen and oxygen atoms in total. The summed E-state index contributed by atoms with van der Waals surface area (Å²) in [4.78, 5) is 30.6. The smallest absolute Gasteiger partial charge is 0.335 e. The van der Waals surface area contributed by atoms with Gasteiger partial charge in [0.15, 0.2) is 5.17 Å². The summed E-state index contributed by atoms with van der Waals surface area (Å²) in [5, 5.41) is 10.6. The van der Waals surface area contributed by atoms with Crippen molar-refractivity contribution >= 4 is 51.5 Å². The van der Waals surface area contributed by atoms with Gasteiger partial charge in [0.2, 0.25) is 0 Å². The van der Waals surface area contributed by atoms with Crippen LogP contribution in [0.15, 0.2) is 88.9 Å². The Hall–Kier alpha value is -4.17. The Kier molecular flexibility index (Phi) is 5.96. The number of para-hydroxylation sites is 1. The molecule has 0 saturated carbocycles. The van der Waals surface area contributed by atoms with Crippen LogP contribution in [0, 0.1) is 5.82 Å². The molecule has 1 aliphatic heterocycles. The van der Waals surface area contributed by atoms with Crippen molar-refractivity contribution in [3.05, 3.63) is 106 Å². The molecule has 0 radical (unpaired) electrons. The molecule has 1 aromatic heterocycles. The average molecular weight is 486 g/mol. The number of aliphatic imine (C=N–C) groups is 1. The standard InChI is InChI=1S/C27H20FN3O3S/c1-30-25(32)24(35-27(30)29-21-12-8-18(9-13-21)26(33)34)14-19-16-31(23-5-3-2-4-22(19)23)15-17-6-10-20(28)11-7-17/h2-14,16H,15H2,1H3,(H,33,34)/b24-14-,29-27?. The molecule has 1 saturated heterocycles. The number of benzene rings is 3. The largest absolute Gasteiger partial charge is 0.478 e. The lowest BCUT2D eigenvalue weighted by Gasteiger charge is -2.07. The van der Waals surface area contributed by atoms with E-state index in [0.717, 1.165) is 22.0 Å². The van der Waals surface area contributed by atoms with Crippen LogP contribution >= 0.6 is 11.8 Å². The third kappa shape index (κ3) is 4.61. The molecule has 1 amide bonds. The lowest BCUT2D eigenvalue weighted by Crippen LogP contribution is -2.23. The van der Waals surface area contributed by atoms with Gasteiger partial charge in [0, 0.05) is 36.3 Å². The van der Waals surface area contributed by atoms with E-state index in [-0.39, 0.29) is 17.3 Å². The highest BCUT2D eigenvalue weighted by Gasteiger charge is 2.30. The van der Waals surface area contributed by atoms with Gasteiger partial charge in [0.1, 0.15) is 5.82 Å². The number of hydrogen-bond donors (Lipinski definition) is 1. The molecule has 5 rings (SSSR count). The second kappa shape index (κ2) is 9.23. The monoisotopic (exact) mass is 485 g/mol. The average Bonchev–Trinajstić information content (AvgIpc) is 3.33. The van der Waals surface area contributed by atoms with Gasteiger partial charge in [-0.3, -0.25) is 9.69 Å². The fourth-order valence-corrected chi connectivity index (χ4v) is 4.87. The highest BCUT2D eigenvalue weighted by molar-refractivity contribution is 8.18. The number of aromatic nitrogens is 1. The summed E-state index contributed by atoms with van der Waals surface area (Å²) in [7, 11) is 1.67. The molecule has 0 unspecified atom stereocenters. The minimum Gasteiger partial charge on any atom is -0.478 e. The lowest BCUT2D eigenvalue weighted by atomic mass is 10.1. The SMILES string of the molecule is CN1C(=O)/C(=C/c2cn(Cc3ccc(F)cc3)c3ccccc23)SC1=Nc1ccc(C(=O)O)cc1. The number of carbonyl (C=O) groups excluding carboxylic acids is 1. The normalized spacial score (nSPS) is 16.1. The molecule has 3 aromatic carbocycles. The summed E-state index contributed by atoms with van der Waals surface area (Å²) in [6, 6.07) is 20.6. The van der Waals surface area contributed by atoms with Crippen molar-refractivity contribution in [3.8, 4) is 0 Å². The van der Waals surface area contributed by atoms with Gasteiger partial charge in [-0.2, -0.15) is 0 Å². The van der Waals surface area contributed by atoms with Gasteiger partial charge < -0.3 is 9.67 Å². The van der Waals surface area contributed by atoms with Crippen molar-refractivity contribution in [3.63, 3.8) is 0 Å². The summed E-state index contributed by atoms with van der Waals surface area (Å²) in [6.07, 6.45) is 3.86. The van der Waals surface area contributed by atoms with Gasteiger partial charge in [-0.05, 0) is 65.9 Å². The topological polar surface area (TPSA) is 74.9 Å². The summed E-state index contributed by atoms with van der Waals surface area (Å²) < 4.78 is 15.4. The van der Waals surface area contributed by atoms with Gasteiger partial charge in [0.05, 0.1) is 16.2 Å². The number of amides is 1. The Morgan fingerprint density at radius 1 is 1.06 bits per heavy atom. The first-order valence-corrected chi connectivity index (χ1v) is 11.6. The molecular formula is C27H20FN3O3S. The third-order valence-electron chi connectivity index (χ3n) is 5.71. The molecule has 4 aromatic rings. The van der Waals surface area contributed by atoms with E-state index in [9.17, 15) is 14.0 Å². The predicted molar refractivity (Wildman–Crippen MR) is 136 cm³/mol. The zero-order valence-electron chi connectivity index (χ0n) is 18.7. The van der Waals surface area contributed by atoms with Crippen LogP contribution in [0.25, 0.3) is 17.0 Å². The first-order valence-electron chi connectivity index (χ1n) is 10.8. The van der Waals surface area contributed by atoms with E-state index in [1.54, 1.807) is 31.3 Å². The molecule has 0 bridgehead atoms. The van der Waals surface area contributed by atoms with E-state index in [2.05, 4.69) is 9.56 Å². The second-order valence-corrected chi connectivity index (χ2v) is 9.09. The first-order chi connectivity index (χ1) is 16.9. The summed E-state index contributed by atoms with van der Waals surface area (Å²) in [6.45, 7) is 0.573. The summed E-state index contributed by atoms with van der Waals surface area (Å²) in [5.74, 6) is -1.44. The van der Waals surface area contributed by atoms with Crippen LogP contribution in [-0.2, 0) is 11.3 Å². The van der Waals surface area contributed by atoms with Gasteiger partial charge in [-0.25, -0.2) is 14.2 Å². The van der Waals surface area contributed by atoms with Crippen LogP contribution in [0.4, 0.5) is 10.1 Å². The quantitative estimate of drug-likeness (QED) is 0.365. The predicted octanol–water partition coefficient (Wildman–Crippen LogP) is 5.76. The summed E-state index contributed by atoms with van der Waals surface area (Å²) in [5.41, 5.74) is 3.63. The van der Waals surface area contributed by atoms with E-state index < -0.39 is 5.97 Å². The molecule has 174 valence electrons. The fourth-order valence-electron chi connectivity index (χ4n) is 3.89. The number of amidine groups is 1. The van der Waals surface area contributed by atoms with Gasteiger partial charge in [-0.15, -0.1) is 0 Å². The zero-order valence-corrected chi connectivity index (χ0v) is 19.5. The molecule has 1 fully saturated rings.